The predicted molar refractivity (Wildman–Crippen MR) is 118 cm³/mol. The van der Waals surface area contributed by atoms with Crippen LogP contribution >= 0.6 is 23.2 Å². The van der Waals surface area contributed by atoms with Crippen LogP contribution in [-0.4, -0.2) is 38.2 Å². The average Bonchev–Trinajstić information content (AvgIpc) is 2.71. The lowest BCUT2D eigenvalue weighted by molar-refractivity contribution is 0.284. The molecule has 0 bridgehead atoms. The standard InChI is InChI=1S/C22H30Cl2N2O2/c1-4-26(5-2)13-7-12-25-15-17-10-11-21(22(14-17)27-3)28-16-18-19(23)8-6-9-20(18)24/h6,8-11,14,25H,4-5,7,12-13,15-16H2,1-3H3. The summed E-state index contributed by atoms with van der Waals surface area (Å²) in [6, 6.07) is 11.4. The molecule has 154 valence electrons. The van der Waals surface area contributed by atoms with Gasteiger partial charge in [-0.3, -0.25) is 0 Å². The highest BCUT2D eigenvalue weighted by Crippen LogP contribution is 2.31. The van der Waals surface area contributed by atoms with Gasteiger partial charge in [0.1, 0.15) is 6.61 Å². The molecule has 2 aromatic carbocycles. The minimum absolute atomic E-state index is 0.290. The van der Waals surface area contributed by atoms with Crippen LogP contribution in [0.5, 0.6) is 11.5 Å². The largest absolute Gasteiger partial charge is 0.493 e. The molecule has 0 aromatic heterocycles. The quantitative estimate of drug-likeness (QED) is 0.462. The summed E-state index contributed by atoms with van der Waals surface area (Å²) in [5.41, 5.74) is 1.93. The van der Waals surface area contributed by atoms with Gasteiger partial charge >= 0.3 is 0 Å². The Balaban J connectivity index is 1.87. The van der Waals surface area contributed by atoms with Crippen molar-refractivity contribution >= 4 is 23.2 Å². The summed E-state index contributed by atoms with van der Waals surface area (Å²) in [7, 11) is 1.64. The number of hydrogen-bond donors (Lipinski definition) is 1. The third-order valence-corrected chi connectivity index (χ3v) is 5.42. The van der Waals surface area contributed by atoms with Gasteiger partial charge in [-0.2, -0.15) is 0 Å². The van der Waals surface area contributed by atoms with Crippen molar-refractivity contribution in [3.05, 3.63) is 57.6 Å². The smallest absolute Gasteiger partial charge is 0.161 e. The summed E-state index contributed by atoms with van der Waals surface area (Å²) in [6.07, 6.45) is 1.14. The zero-order valence-corrected chi connectivity index (χ0v) is 18.4. The first-order valence-electron chi connectivity index (χ1n) is 9.74. The molecule has 0 aliphatic carbocycles. The Morgan fingerprint density at radius 3 is 2.36 bits per heavy atom. The van der Waals surface area contributed by atoms with E-state index in [2.05, 4.69) is 24.1 Å². The molecular formula is C22H30Cl2N2O2. The summed E-state index contributed by atoms with van der Waals surface area (Å²) in [5, 5.41) is 4.68. The number of nitrogens with zero attached hydrogens (tertiary/aromatic N) is 1. The van der Waals surface area contributed by atoms with Crippen LogP contribution in [0.4, 0.5) is 0 Å². The Kier molecular flexibility index (Phi) is 9.93. The fourth-order valence-electron chi connectivity index (χ4n) is 2.96. The van der Waals surface area contributed by atoms with Gasteiger partial charge in [0, 0.05) is 22.2 Å². The van der Waals surface area contributed by atoms with Gasteiger partial charge in [0.2, 0.25) is 0 Å². The second-order valence-corrected chi connectivity index (χ2v) is 7.35. The van der Waals surface area contributed by atoms with Crippen molar-refractivity contribution in [2.24, 2.45) is 0 Å². The fraction of sp³-hybridized carbons (Fsp3) is 0.455. The van der Waals surface area contributed by atoms with Gasteiger partial charge in [0.05, 0.1) is 7.11 Å². The topological polar surface area (TPSA) is 33.7 Å². The van der Waals surface area contributed by atoms with E-state index in [1.54, 1.807) is 19.2 Å². The lowest BCUT2D eigenvalue weighted by Crippen LogP contribution is -2.27. The molecule has 1 N–H and O–H groups in total. The Hall–Kier alpha value is -1.46. The first-order chi connectivity index (χ1) is 13.6. The molecule has 0 radical (unpaired) electrons. The SMILES string of the molecule is CCN(CC)CCCNCc1ccc(OCc2c(Cl)cccc2Cl)c(OC)c1. The number of nitrogens with one attached hydrogen (secondary N) is 1. The molecular weight excluding hydrogens is 395 g/mol. The molecule has 6 heteroatoms. The van der Waals surface area contributed by atoms with Crippen LogP contribution in [0.1, 0.15) is 31.4 Å². The molecule has 0 fully saturated rings. The molecule has 0 atom stereocenters. The van der Waals surface area contributed by atoms with Gasteiger partial charge in [-0.25, -0.2) is 0 Å². The van der Waals surface area contributed by atoms with E-state index in [1.807, 2.05) is 24.3 Å². The summed E-state index contributed by atoms with van der Waals surface area (Å²) in [5.74, 6) is 1.37. The summed E-state index contributed by atoms with van der Waals surface area (Å²) < 4.78 is 11.4. The van der Waals surface area contributed by atoms with Gasteiger partial charge in [-0.05, 0) is 62.4 Å². The van der Waals surface area contributed by atoms with Crippen LogP contribution in [0.2, 0.25) is 10.0 Å². The number of ether oxygens (including phenoxy) is 2. The summed E-state index contributed by atoms with van der Waals surface area (Å²) in [4.78, 5) is 2.43. The van der Waals surface area contributed by atoms with Crippen molar-refractivity contribution in [1.29, 1.82) is 0 Å². The van der Waals surface area contributed by atoms with E-state index in [1.165, 1.54) is 0 Å². The lowest BCUT2D eigenvalue weighted by Gasteiger charge is -2.17. The number of hydrogen-bond acceptors (Lipinski definition) is 4. The molecule has 4 nitrogen and oxygen atoms in total. The minimum atomic E-state index is 0.290. The average molecular weight is 425 g/mol. The van der Waals surface area contributed by atoms with Gasteiger partial charge in [0.25, 0.3) is 0 Å². The normalized spacial score (nSPS) is 11.1. The Labute approximate surface area is 178 Å². The van der Waals surface area contributed by atoms with E-state index < -0.39 is 0 Å². The number of rotatable bonds is 12. The molecule has 0 spiro atoms. The Morgan fingerprint density at radius 1 is 1.00 bits per heavy atom. The van der Waals surface area contributed by atoms with E-state index in [9.17, 15) is 0 Å². The van der Waals surface area contributed by atoms with Crippen molar-refractivity contribution in [3.8, 4) is 11.5 Å². The maximum atomic E-state index is 6.21. The summed E-state index contributed by atoms with van der Waals surface area (Å²) >= 11 is 12.4. The Morgan fingerprint density at radius 2 is 1.71 bits per heavy atom. The molecule has 0 unspecified atom stereocenters. The molecule has 2 rings (SSSR count). The molecule has 2 aromatic rings. The van der Waals surface area contributed by atoms with E-state index >= 15 is 0 Å². The molecule has 0 heterocycles. The second kappa shape index (κ2) is 12.2. The highest BCUT2D eigenvalue weighted by molar-refractivity contribution is 6.35. The van der Waals surface area contributed by atoms with Crippen LogP contribution < -0.4 is 14.8 Å². The zero-order valence-electron chi connectivity index (χ0n) is 16.9. The number of halogens is 2. The highest BCUT2D eigenvalue weighted by Gasteiger charge is 2.10. The maximum Gasteiger partial charge on any atom is 0.161 e. The monoisotopic (exact) mass is 424 g/mol. The molecule has 28 heavy (non-hydrogen) atoms. The van der Waals surface area contributed by atoms with Crippen molar-refractivity contribution in [1.82, 2.24) is 10.2 Å². The Bertz CT molecular complexity index is 716. The van der Waals surface area contributed by atoms with Crippen LogP contribution in [0, 0.1) is 0 Å². The van der Waals surface area contributed by atoms with Crippen molar-refractivity contribution in [3.63, 3.8) is 0 Å². The third-order valence-electron chi connectivity index (χ3n) is 4.71. The maximum absolute atomic E-state index is 6.21. The van der Waals surface area contributed by atoms with Crippen molar-refractivity contribution < 1.29 is 9.47 Å². The molecule has 0 saturated carbocycles. The number of methoxy groups -OCH3 is 1. The predicted octanol–water partition coefficient (Wildman–Crippen LogP) is 5.40. The molecule has 0 saturated heterocycles. The first-order valence-corrected chi connectivity index (χ1v) is 10.5. The van der Waals surface area contributed by atoms with Crippen molar-refractivity contribution in [2.45, 2.75) is 33.4 Å². The van der Waals surface area contributed by atoms with Gasteiger partial charge in [0.15, 0.2) is 11.5 Å². The zero-order chi connectivity index (χ0) is 20.4. The van der Waals surface area contributed by atoms with Crippen LogP contribution in [0.25, 0.3) is 0 Å². The van der Waals surface area contributed by atoms with Gasteiger partial charge in [-0.15, -0.1) is 0 Å². The highest BCUT2D eigenvalue weighted by atomic mass is 35.5. The van der Waals surface area contributed by atoms with E-state index in [4.69, 9.17) is 32.7 Å². The lowest BCUT2D eigenvalue weighted by atomic mass is 10.2. The van der Waals surface area contributed by atoms with E-state index in [-0.39, 0.29) is 6.61 Å². The van der Waals surface area contributed by atoms with Crippen molar-refractivity contribution in [2.75, 3.05) is 33.3 Å². The van der Waals surface area contributed by atoms with Crippen LogP contribution in [0.15, 0.2) is 36.4 Å². The molecule has 0 amide bonds. The van der Waals surface area contributed by atoms with E-state index in [0.717, 1.165) is 50.3 Å². The third kappa shape index (κ3) is 6.85. The summed E-state index contributed by atoms with van der Waals surface area (Å²) in [6.45, 7) is 9.81. The van der Waals surface area contributed by atoms with Gasteiger partial charge in [-0.1, -0.05) is 49.2 Å². The first kappa shape index (κ1) is 22.8. The van der Waals surface area contributed by atoms with Crippen LogP contribution in [0.3, 0.4) is 0 Å². The minimum Gasteiger partial charge on any atom is -0.493 e. The molecule has 0 aliphatic rings. The van der Waals surface area contributed by atoms with Crippen LogP contribution in [-0.2, 0) is 13.2 Å². The fourth-order valence-corrected chi connectivity index (χ4v) is 3.47. The van der Waals surface area contributed by atoms with Gasteiger partial charge < -0.3 is 19.7 Å². The second-order valence-electron chi connectivity index (χ2n) is 6.53. The number of benzene rings is 2. The molecule has 0 aliphatic heterocycles. The van der Waals surface area contributed by atoms with E-state index in [0.29, 0.717) is 21.5 Å².